The van der Waals surface area contributed by atoms with Gasteiger partial charge < -0.3 is 9.13 Å². The molecule has 4 heteroatoms. The zero-order chi connectivity index (χ0) is 36.7. The van der Waals surface area contributed by atoms with Gasteiger partial charge in [0.2, 0.25) is 0 Å². The summed E-state index contributed by atoms with van der Waals surface area (Å²) in [5.74, 6) is 0. The highest BCUT2D eigenvalue weighted by atomic mass is 15.0. The molecule has 0 radical (unpaired) electrons. The third kappa shape index (κ3) is 4.47. The molecule has 0 atom stereocenters. The molecule has 3 heterocycles. The molecule has 0 aliphatic rings. The standard InChI is InChI=1S/C52H32N4/c1-3-16-34(17-4-1)50-51(54-45-25-13-12-24-44(45)53-50)40-29-30-47(38-22-10-9-21-37(38)40)56-49-32-48-42(31-43(49)41-28-27-33-15-7-8-20-36(33)52(41)56)39-23-11-14-26-46(39)55(48)35-18-5-2-6-19-35/h1-32H. The molecule has 0 saturated carbocycles. The summed E-state index contributed by atoms with van der Waals surface area (Å²) in [6.45, 7) is 0. The zero-order valence-electron chi connectivity index (χ0n) is 30.3. The molecule has 0 fully saturated rings. The minimum absolute atomic E-state index is 0.874. The first kappa shape index (κ1) is 30.9. The summed E-state index contributed by atoms with van der Waals surface area (Å²) >= 11 is 0. The van der Waals surface area contributed by atoms with Gasteiger partial charge in [-0.1, -0.05) is 140 Å². The molecule has 56 heavy (non-hydrogen) atoms. The Labute approximate surface area is 322 Å². The molecule has 0 bridgehead atoms. The molecule has 12 aromatic rings. The summed E-state index contributed by atoms with van der Waals surface area (Å²) in [7, 11) is 0. The van der Waals surface area contributed by atoms with Gasteiger partial charge >= 0.3 is 0 Å². The Bertz CT molecular complexity index is 3520. The lowest BCUT2D eigenvalue weighted by molar-refractivity contribution is 1.17. The minimum Gasteiger partial charge on any atom is -0.309 e. The summed E-state index contributed by atoms with van der Waals surface area (Å²) in [6, 6.07) is 69.6. The van der Waals surface area contributed by atoms with Crippen LogP contribution >= 0.6 is 0 Å². The quantitative estimate of drug-likeness (QED) is 0.182. The molecule has 9 aromatic carbocycles. The lowest BCUT2D eigenvalue weighted by Crippen LogP contribution is -2.00. The van der Waals surface area contributed by atoms with Crippen LogP contribution in [-0.4, -0.2) is 19.1 Å². The Hall–Kier alpha value is -7.56. The fourth-order valence-corrected chi connectivity index (χ4v) is 9.01. The second kappa shape index (κ2) is 12.0. The van der Waals surface area contributed by atoms with Crippen LogP contribution in [0.1, 0.15) is 0 Å². The Morgan fingerprint density at radius 1 is 0.339 bits per heavy atom. The number of rotatable bonds is 4. The molecule has 0 unspecified atom stereocenters. The van der Waals surface area contributed by atoms with Gasteiger partial charge in [-0.2, -0.15) is 0 Å². The van der Waals surface area contributed by atoms with Crippen LogP contribution in [0.2, 0.25) is 0 Å². The van der Waals surface area contributed by atoms with Crippen LogP contribution < -0.4 is 0 Å². The van der Waals surface area contributed by atoms with Gasteiger partial charge in [0.1, 0.15) is 0 Å². The van der Waals surface area contributed by atoms with Gasteiger partial charge in [0.05, 0.1) is 50.2 Å². The maximum atomic E-state index is 5.33. The van der Waals surface area contributed by atoms with Crippen LogP contribution in [-0.2, 0) is 0 Å². The lowest BCUT2D eigenvalue weighted by atomic mass is 9.96. The average Bonchev–Trinajstić information content (AvgIpc) is 3.77. The first-order chi connectivity index (χ1) is 27.8. The normalized spacial score (nSPS) is 11.9. The van der Waals surface area contributed by atoms with Crippen LogP contribution in [0.3, 0.4) is 0 Å². The van der Waals surface area contributed by atoms with E-state index in [9.17, 15) is 0 Å². The van der Waals surface area contributed by atoms with Crippen molar-refractivity contribution < 1.29 is 0 Å². The van der Waals surface area contributed by atoms with Crippen LogP contribution in [0.25, 0.3) is 110 Å². The Morgan fingerprint density at radius 2 is 0.946 bits per heavy atom. The van der Waals surface area contributed by atoms with Crippen molar-refractivity contribution in [1.82, 2.24) is 19.1 Å². The molecule has 0 amide bonds. The van der Waals surface area contributed by atoms with Crippen molar-refractivity contribution in [3.05, 3.63) is 194 Å². The van der Waals surface area contributed by atoms with Gasteiger partial charge in [0.15, 0.2) is 0 Å². The maximum Gasteiger partial charge on any atom is 0.0979 e. The topological polar surface area (TPSA) is 35.6 Å². The molecule has 0 aliphatic carbocycles. The molecule has 260 valence electrons. The van der Waals surface area contributed by atoms with Crippen LogP contribution in [0, 0.1) is 0 Å². The van der Waals surface area contributed by atoms with Gasteiger partial charge in [0.25, 0.3) is 0 Å². The molecule has 4 nitrogen and oxygen atoms in total. The van der Waals surface area contributed by atoms with Crippen molar-refractivity contribution in [2.75, 3.05) is 0 Å². The minimum atomic E-state index is 0.874. The largest absolute Gasteiger partial charge is 0.309 e. The molecule has 0 saturated heterocycles. The summed E-state index contributed by atoms with van der Waals surface area (Å²) in [5, 5.41) is 9.67. The van der Waals surface area contributed by atoms with Crippen molar-refractivity contribution in [3.8, 4) is 33.9 Å². The van der Waals surface area contributed by atoms with Crippen molar-refractivity contribution >= 4 is 76.2 Å². The second-order valence-corrected chi connectivity index (χ2v) is 14.5. The predicted octanol–water partition coefficient (Wildman–Crippen LogP) is 13.5. The molecule has 0 spiro atoms. The molecule has 12 rings (SSSR count). The lowest BCUT2D eigenvalue weighted by Gasteiger charge is -2.17. The van der Waals surface area contributed by atoms with E-state index in [1.54, 1.807) is 0 Å². The highest BCUT2D eigenvalue weighted by Gasteiger charge is 2.22. The SMILES string of the molecule is c1ccc(-c2nc3ccccc3nc2-c2ccc(-n3c4cc5c(cc4c4ccc6ccccc6c43)c3ccccc3n5-c3ccccc3)c3ccccc23)cc1. The zero-order valence-corrected chi connectivity index (χ0v) is 30.3. The molecule has 3 aromatic heterocycles. The number of nitrogens with zero attached hydrogens (tertiary/aromatic N) is 4. The molecule has 0 aliphatic heterocycles. The highest BCUT2D eigenvalue weighted by molar-refractivity contribution is 6.24. The van der Waals surface area contributed by atoms with E-state index in [0.717, 1.165) is 61.2 Å². The fraction of sp³-hybridized carbons (Fsp3) is 0. The van der Waals surface area contributed by atoms with E-state index in [4.69, 9.17) is 9.97 Å². The molecular formula is C52H32N4. The number of fused-ring (bicyclic) bond motifs is 10. The van der Waals surface area contributed by atoms with Crippen LogP contribution in [0.15, 0.2) is 194 Å². The van der Waals surface area contributed by atoms with Gasteiger partial charge in [-0.25, -0.2) is 9.97 Å². The van der Waals surface area contributed by atoms with Crippen molar-refractivity contribution in [3.63, 3.8) is 0 Å². The number of benzene rings is 9. The molecule has 0 N–H and O–H groups in total. The van der Waals surface area contributed by atoms with Crippen molar-refractivity contribution in [2.24, 2.45) is 0 Å². The fourth-order valence-electron chi connectivity index (χ4n) is 9.01. The molecular weight excluding hydrogens is 681 g/mol. The van der Waals surface area contributed by atoms with Crippen LogP contribution in [0.5, 0.6) is 0 Å². The number of para-hydroxylation sites is 4. The highest BCUT2D eigenvalue weighted by Crippen LogP contribution is 2.44. The summed E-state index contributed by atoms with van der Waals surface area (Å²) in [6.07, 6.45) is 0. The summed E-state index contributed by atoms with van der Waals surface area (Å²) < 4.78 is 4.92. The summed E-state index contributed by atoms with van der Waals surface area (Å²) in [5.41, 5.74) is 12.6. The predicted molar refractivity (Wildman–Crippen MR) is 234 cm³/mol. The number of hydrogen-bond donors (Lipinski definition) is 0. The Balaban J connectivity index is 1.21. The van der Waals surface area contributed by atoms with Crippen molar-refractivity contribution in [2.45, 2.75) is 0 Å². The van der Waals surface area contributed by atoms with Crippen LogP contribution in [0.4, 0.5) is 0 Å². The number of hydrogen-bond acceptors (Lipinski definition) is 2. The van der Waals surface area contributed by atoms with Gasteiger partial charge in [-0.3, -0.25) is 0 Å². The number of aromatic nitrogens is 4. The smallest absolute Gasteiger partial charge is 0.0979 e. The average molecular weight is 713 g/mol. The van der Waals surface area contributed by atoms with E-state index < -0.39 is 0 Å². The van der Waals surface area contributed by atoms with Crippen molar-refractivity contribution in [1.29, 1.82) is 0 Å². The first-order valence-electron chi connectivity index (χ1n) is 19.1. The Kier molecular flexibility index (Phi) is 6.60. The third-order valence-electron chi connectivity index (χ3n) is 11.5. The van der Waals surface area contributed by atoms with E-state index >= 15 is 0 Å². The monoisotopic (exact) mass is 712 g/mol. The van der Waals surface area contributed by atoms with E-state index in [2.05, 4.69) is 179 Å². The maximum absolute atomic E-state index is 5.33. The van der Waals surface area contributed by atoms with E-state index in [1.807, 2.05) is 24.3 Å². The van der Waals surface area contributed by atoms with Gasteiger partial charge in [-0.05, 0) is 65.4 Å². The van der Waals surface area contributed by atoms with Gasteiger partial charge in [-0.15, -0.1) is 0 Å². The van der Waals surface area contributed by atoms with E-state index in [0.29, 0.717) is 0 Å². The third-order valence-corrected chi connectivity index (χ3v) is 11.5. The van der Waals surface area contributed by atoms with E-state index in [-0.39, 0.29) is 0 Å². The summed E-state index contributed by atoms with van der Waals surface area (Å²) in [4.78, 5) is 10.6. The second-order valence-electron chi connectivity index (χ2n) is 14.5. The first-order valence-corrected chi connectivity index (χ1v) is 19.1. The van der Waals surface area contributed by atoms with E-state index in [1.165, 1.54) is 48.9 Å². The van der Waals surface area contributed by atoms with Gasteiger partial charge in [0, 0.05) is 49.1 Å². The Morgan fingerprint density at radius 3 is 1.75 bits per heavy atom.